The van der Waals surface area contributed by atoms with E-state index in [0.29, 0.717) is 36.2 Å². The molecule has 2 aliphatic heterocycles. The molecule has 0 radical (unpaired) electrons. The van der Waals surface area contributed by atoms with Crippen LogP contribution in [-0.4, -0.2) is 37.1 Å². The second-order valence-corrected chi connectivity index (χ2v) is 7.98. The first-order valence-corrected chi connectivity index (χ1v) is 10.8. The fourth-order valence-corrected chi connectivity index (χ4v) is 4.99. The number of benzene rings is 2. The van der Waals surface area contributed by atoms with Gasteiger partial charge in [0.25, 0.3) is 0 Å². The number of fused-ring (bicyclic) bond motifs is 1. The van der Waals surface area contributed by atoms with Crippen LogP contribution < -0.4 is 14.4 Å². The second kappa shape index (κ2) is 8.72. The van der Waals surface area contributed by atoms with Crippen molar-refractivity contribution in [3.63, 3.8) is 0 Å². The van der Waals surface area contributed by atoms with E-state index in [4.69, 9.17) is 9.47 Å². The summed E-state index contributed by atoms with van der Waals surface area (Å²) < 4.78 is 11.1. The molecule has 154 valence electrons. The standard InChI is InChI=1S/C23H23N3O3S/c1-3-29-20-10-9-16(11-21(20)28-2)18-12-22(27)26-14-25(17-7-5-4-6-8-17)15-30-23(26)19(18)13-24/h4-11,18H,3,12,14-15H2,1-2H3/t18-/m0/s1. The lowest BCUT2D eigenvalue weighted by molar-refractivity contribution is -0.129. The van der Waals surface area contributed by atoms with Crippen LogP contribution in [0.5, 0.6) is 11.5 Å². The summed E-state index contributed by atoms with van der Waals surface area (Å²) in [4.78, 5) is 16.9. The third-order valence-corrected chi connectivity index (χ3v) is 6.46. The lowest BCUT2D eigenvalue weighted by Crippen LogP contribution is -2.47. The first-order valence-electron chi connectivity index (χ1n) is 9.84. The molecular weight excluding hydrogens is 398 g/mol. The van der Waals surface area contributed by atoms with Gasteiger partial charge in [0.15, 0.2) is 11.5 Å². The van der Waals surface area contributed by atoms with Crippen molar-refractivity contribution in [1.82, 2.24) is 4.90 Å². The number of allylic oxidation sites excluding steroid dienone is 1. The van der Waals surface area contributed by atoms with Crippen LogP contribution in [0.1, 0.15) is 24.8 Å². The molecule has 0 unspecified atom stereocenters. The molecule has 2 aliphatic rings. The van der Waals surface area contributed by atoms with Gasteiger partial charge in [0.05, 0.1) is 42.9 Å². The molecule has 0 bridgehead atoms. The van der Waals surface area contributed by atoms with Gasteiger partial charge in [0.1, 0.15) is 0 Å². The third-order valence-electron chi connectivity index (χ3n) is 5.30. The molecule has 2 aromatic rings. The van der Waals surface area contributed by atoms with Crippen molar-refractivity contribution < 1.29 is 14.3 Å². The van der Waals surface area contributed by atoms with Gasteiger partial charge in [0, 0.05) is 18.0 Å². The van der Waals surface area contributed by atoms with E-state index in [0.717, 1.165) is 16.3 Å². The van der Waals surface area contributed by atoms with Crippen LogP contribution in [-0.2, 0) is 4.79 Å². The Morgan fingerprint density at radius 2 is 2.00 bits per heavy atom. The van der Waals surface area contributed by atoms with Crippen LogP contribution in [0.25, 0.3) is 0 Å². The van der Waals surface area contributed by atoms with Gasteiger partial charge in [-0.1, -0.05) is 36.0 Å². The number of nitriles is 1. The topological polar surface area (TPSA) is 65.8 Å². The van der Waals surface area contributed by atoms with Crippen LogP contribution in [0.4, 0.5) is 5.69 Å². The van der Waals surface area contributed by atoms with Crippen LogP contribution >= 0.6 is 11.8 Å². The zero-order chi connectivity index (χ0) is 21.1. The number of thioether (sulfide) groups is 1. The first kappa shape index (κ1) is 20.2. The predicted molar refractivity (Wildman–Crippen MR) is 117 cm³/mol. The molecule has 0 spiro atoms. The average molecular weight is 422 g/mol. The van der Waals surface area contributed by atoms with Crippen molar-refractivity contribution in [2.24, 2.45) is 0 Å². The highest BCUT2D eigenvalue weighted by atomic mass is 32.2. The summed E-state index contributed by atoms with van der Waals surface area (Å²) in [5.74, 6) is 1.69. The van der Waals surface area contributed by atoms with E-state index in [1.165, 1.54) is 11.8 Å². The lowest BCUT2D eigenvalue weighted by atomic mass is 9.86. The molecule has 6 nitrogen and oxygen atoms in total. The van der Waals surface area contributed by atoms with Crippen LogP contribution in [0.3, 0.4) is 0 Å². The van der Waals surface area contributed by atoms with Crippen LogP contribution in [0.15, 0.2) is 59.1 Å². The van der Waals surface area contributed by atoms with Gasteiger partial charge < -0.3 is 14.4 Å². The van der Waals surface area contributed by atoms with Crippen molar-refractivity contribution in [3.8, 4) is 17.6 Å². The average Bonchev–Trinajstić information content (AvgIpc) is 2.80. The number of carbonyl (C=O) groups excluding carboxylic acids is 1. The Labute approximate surface area is 180 Å². The van der Waals surface area contributed by atoms with E-state index >= 15 is 0 Å². The molecule has 30 heavy (non-hydrogen) atoms. The third kappa shape index (κ3) is 3.71. The highest BCUT2D eigenvalue weighted by molar-refractivity contribution is 8.03. The minimum Gasteiger partial charge on any atom is -0.493 e. The van der Waals surface area contributed by atoms with Gasteiger partial charge in [0.2, 0.25) is 5.91 Å². The fraction of sp³-hybridized carbons (Fsp3) is 0.304. The number of nitrogens with zero attached hydrogens (tertiary/aromatic N) is 3. The summed E-state index contributed by atoms with van der Waals surface area (Å²) in [6.45, 7) is 2.91. The SMILES string of the molecule is CCOc1ccc([C@@H]2CC(=O)N3CN(c4ccccc4)CSC3=C2C#N)cc1OC. The Morgan fingerprint density at radius 3 is 2.70 bits per heavy atom. The maximum atomic E-state index is 13.1. The molecule has 1 amide bonds. The van der Waals surface area contributed by atoms with Crippen molar-refractivity contribution >= 4 is 23.4 Å². The molecule has 0 N–H and O–H groups in total. The van der Waals surface area contributed by atoms with Gasteiger partial charge in [-0.3, -0.25) is 9.69 Å². The molecule has 1 saturated heterocycles. The van der Waals surface area contributed by atoms with Gasteiger partial charge in [-0.2, -0.15) is 5.26 Å². The molecule has 4 rings (SSSR count). The van der Waals surface area contributed by atoms with Gasteiger partial charge >= 0.3 is 0 Å². The zero-order valence-corrected chi connectivity index (χ0v) is 17.8. The van der Waals surface area contributed by atoms with E-state index in [2.05, 4.69) is 11.0 Å². The summed E-state index contributed by atoms with van der Waals surface area (Å²) in [6.07, 6.45) is 0.257. The smallest absolute Gasteiger partial charge is 0.229 e. The largest absolute Gasteiger partial charge is 0.493 e. The molecular formula is C23H23N3O3S. The normalized spacial score (nSPS) is 18.7. The number of hydrogen-bond donors (Lipinski definition) is 0. The number of hydrogen-bond acceptors (Lipinski definition) is 6. The molecule has 2 aromatic carbocycles. The lowest BCUT2D eigenvalue weighted by Gasteiger charge is -2.42. The summed E-state index contributed by atoms with van der Waals surface area (Å²) >= 11 is 1.54. The number of carbonyl (C=O) groups is 1. The molecule has 1 atom stereocenters. The summed E-state index contributed by atoms with van der Waals surface area (Å²) in [7, 11) is 1.59. The Morgan fingerprint density at radius 1 is 1.20 bits per heavy atom. The fourth-order valence-electron chi connectivity index (χ4n) is 3.82. The first-order chi connectivity index (χ1) is 14.7. The molecule has 0 saturated carbocycles. The van der Waals surface area contributed by atoms with Crippen molar-refractivity contribution in [2.75, 3.05) is 31.2 Å². The maximum absolute atomic E-state index is 13.1. The molecule has 0 aromatic heterocycles. The Balaban J connectivity index is 1.66. The predicted octanol–water partition coefficient (Wildman–Crippen LogP) is 4.31. The van der Waals surface area contributed by atoms with Crippen molar-refractivity contribution in [1.29, 1.82) is 5.26 Å². The molecule has 7 heteroatoms. The quantitative estimate of drug-likeness (QED) is 0.717. The summed E-state index contributed by atoms with van der Waals surface area (Å²) in [5, 5.41) is 10.7. The highest BCUT2D eigenvalue weighted by Gasteiger charge is 2.38. The number of rotatable bonds is 5. The maximum Gasteiger partial charge on any atom is 0.229 e. The Hall–Kier alpha value is -3.11. The number of anilines is 1. The van der Waals surface area contributed by atoms with Gasteiger partial charge in [-0.15, -0.1) is 0 Å². The number of para-hydroxylation sites is 1. The Bertz CT molecular complexity index is 1020. The van der Waals surface area contributed by atoms with E-state index in [9.17, 15) is 10.1 Å². The number of ether oxygens (including phenoxy) is 2. The van der Waals surface area contributed by atoms with E-state index < -0.39 is 0 Å². The van der Waals surface area contributed by atoms with Crippen molar-refractivity contribution in [3.05, 3.63) is 64.7 Å². The van der Waals surface area contributed by atoms with Crippen LogP contribution in [0, 0.1) is 11.3 Å². The van der Waals surface area contributed by atoms with Gasteiger partial charge in [-0.25, -0.2) is 0 Å². The number of methoxy groups -OCH3 is 1. The minimum absolute atomic E-state index is 0.0231. The summed E-state index contributed by atoms with van der Waals surface area (Å²) in [6, 6.07) is 18.0. The van der Waals surface area contributed by atoms with E-state index in [-0.39, 0.29) is 18.2 Å². The van der Waals surface area contributed by atoms with Crippen molar-refractivity contribution in [2.45, 2.75) is 19.3 Å². The van der Waals surface area contributed by atoms with Gasteiger partial charge in [-0.05, 0) is 36.8 Å². The van der Waals surface area contributed by atoms with Crippen LogP contribution in [0.2, 0.25) is 0 Å². The molecule has 2 heterocycles. The zero-order valence-electron chi connectivity index (χ0n) is 17.0. The molecule has 0 aliphatic carbocycles. The number of amides is 1. The Kier molecular flexibility index (Phi) is 5.86. The van der Waals surface area contributed by atoms with E-state index in [1.54, 1.807) is 12.0 Å². The minimum atomic E-state index is -0.283. The monoisotopic (exact) mass is 421 g/mol. The molecule has 1 fully saturated rings. The second-order valence-electron chi connectivity index (χ2n) is 7.04. The highest BCUT2D eigenvalue weighted by Crippen LogP contribution is 2.44. The van der Waals surface area contributed by atoms with E-state index in [1.807, 2.05) is 55.5 Å². The summed E-state index contributed by atoms with van der Waals surface area (Å²) in [5.41, 5.74) is 2.59.